The number of nitrogens with zero attached hydrogens (tertiary/aromatic N) is 1. The highest BCUT2D eigenvalue weighted by molar-refractivity contribution is 7.91. The first kappa shape index (κ1) is 18.7. The number of benzene rings is 1. The Labute approximate surface area is 165 Å². The highest BCUT2D eigenvalue weighted by Gasteiger charge is 2.31. The lowest BCUT2D eigenvalue weighted by atomic mass is 10.1. The SMILES string of the molecule is Cc1ccc(C2CCCN2C(=O)CCS(=O)(=O)c2ccc3c(c2)CCC3)s1. The first-order valence-electron chi connectivity index (χ1n) is 9.64. The van der Waals surface area contributed by atoms with Crippen molar-refractivity contribution in [3.8, 4) is 0 Å². The van der Waals surface area contributed by atoms with Crippen molar-refractivity contribution in [3.05, 3.63) is 51.2 Å². The molecular formula is C21H25NO3S2. The second-order valence-electron chi connectivity index (χ2n) is 7.55. The van der Waals surface area contributed by atoms with Crippen LogP contribution in [0.2, 0.25) is 0 Å². The zero-order valence-electron chi connectivity index (χ0n) is 15.6. The first-order chi connectivity index (χ1) is 12.9. The maximum absolute atomic E-state index is 12.8. The fraction of sp³-hybridized carbons (Fsp3) is 0.476. The Morgan fingerprint density at radius 3 is 2.74 bits per heavy atom. The largest absolute Gasteiger partial charge is 0.335 e. The molecule has 1 aromatic heterocycles. The van der Waals surface area contributed by atoms with Crippen molar-refractivity contribution >= 4 is 27.1 Å². The molecule has 2 heterocycles. The number of hydrogen-bond acceptors (Lipinski definition) is 4. The first-order valence-corrected chi connectivity index (χ1v) is 12.1. The van der Waals surface area contributed by atoms with Gasteiger partial charge in [-0.3, -0.25) is 4.79 Å². The summed E-state index contributed by atoms with van der Waals surface area (Å²) >= 11 is 1.73. The molecule has 4 nitrogen and oxygen atoms in total. The minimum absolute atomic E-state index is 0.0479. The Bertz CT molecular complexity index is 962. The normalized spacial score (nSPS) is 19.4. The third-order valence-corrected chi connectivity index (χ3v) is 8.49. The molecule has 1 atom stereocenters. The number of sulfone groups is 1. The van der Waals surface area contributed by atoms with E-state index in [0.717, 1.165) is 44.2 Å². The molecule has 1 aromatic carbocycles. The van der Waals surface area contributed by atoms with E-state index in [1.807, 2.05) is 17.0 Å². The van der Waals surface area contributed by atoms with Gasteiger partial charge in [0, 0.05) is 22.7 Å². The van der Waals surface area contributed by atoms with Crippen LogP contribution in [0.4, 0.5) is 0 Å². The van der Waals surface area contributed by atoms with E-state index in [2.05, 4.69) is 19.1 Å². The van der Waals surface area contributed by atoms with E-state index < -0.39 is 9.84 Å². The summed E-state index contributed by atoms with van der Waals surface area (Å²) in [5.74, 6) is -0.162. The highest BCUT2D eigenvalue weighted by atomic mass is 32.2. The monoisotopic (exact) mass is 403 g/mol. The number of hydrogen-bond donors (Lipinski definition) is 0. The number of thiophene rings is 1. The molecule has 1 saturated heterocycles. The Morgan fingerprint density at radius 2 is 1.96 bits per heavy atom. The lowest BCUT2D eigenvalue weighted by molar-refractivity contribution is -0.131. The van der Waals surface area contributed by atoms with Gasteiger partial charge in [-0.05, 0) is 74.4 Å². The molecule has 0 N–H and O–H groups in total. The van der Waals surface area contributed by atoms with E-state index >= 15 is 0 Å². The molecule has 1 aliphatic carbocycles. The molecule has 2 aromatic rings. The molecular weight excluding hydrogens is 378 g/mol. The van der Waals surface area contributed by atoms with Crippen LogP contribution in [-0.4, -0.2) is 31.5 Å². The number of likely N-dealkylation sites (tertiary alicyclic amines) is 1. The highest BCUT2D eigenvalue weighted by Crippen LogP contribution is 2.36. The van der Waals surface area contributed by atoms with Gasteiger partial charge < -0.3 is 4.90 Å². The molecule has 1 fully saturated rings. The number of fused-ring (bicyclic) bond motifs is 1. The van der Waals surface area contributed by atoms with Gasteiger partial charge in [0.25, 0.3) is 0 Å². The lowest BCUT2D eigenvalue weighted by Gasteiger charge is -2.24. The summed E-state index contributed by atoms with van der Waals surface area (Å²) in [5, 5.41) is 0. The van der Waals surface area contributed by atoms with Gasteiger partial charge in [0.2, 0.25) is 5.91 Å². The fourth-order valence-electron chi connectivity index (χ4n) is 4.22. The van der Waals surface area contributed by atoms with Crippen LogP contribution in [0.3, 0.4) is 0 Å². The van der Waals surface area contributed by atoms with Crippen molar-refractivity contribution in [3.63, 3.8) is 0 Å². The van der Waals surface area contributed by atoms with Crippen LogP contribution < -0.4 is 0 Å². The van der Waals surface area contributed by atoms with Gasteiger partial charge in [0.1, 0.15) is 0 Å². The lowest BCUT2D eigenvalue weighted by Crippen LogP contribution is -2.31. The topological polar surface area (TPSA) is 54.5 Å². The van der Waals surface area contributed by atoms with Gasteiger partial charge in [-0.25, -0.2) is 8.42 Å². The summed E-state index contributed by atoms with van der Waals surface area (Å²) in [4.78, 5) is 17.5. The van der Waals surface area contributed by atoms with E-state index in [4.69, 9.17) is 0 Å². The summed E-state index contributed by atoms with van der Waals surface area (Å²) in [6, 6.07) is 9.74. The standard InChI is InChI=1S/C21H25NO3S2/c1-15-7-10-20(26-15)19-6-3-12-22(19)21(23)11-13-27(24,25)18-9-8-16-4-2-5-17(16)14-18/h7-10,14,19H,2-6,11-13H2,1H3. The molecule has 144 valence electrons. The smallest absolute Gasteiger partial charge is 0.224 e. The van der Waals surface area contributed by atoms with Crippen LogP contribution in [0.15, 0.2) is 35.2 Å². The van der Waals surface area contributed by atoms with Crippen molar-refractivity contribution in [1.82, 2.24) is 4.90 Å². The summed E-state index contributed by atoms with van der Waals surface area (Å²) in [6.45, 7) is 2.79. The summed E-state index contributed by atoms with van der Waals surface area (Å²) in [7, 11) is -3.43. The average molecular weight is 404 g/mol. The molecule has 0 saturated carbocycles. The Kier molecular flexibility index (Phi) is 5.12. The predicted octanol–water partition coefficient (Wildman–Crippen LogP) is 4.07. The molecule has 27 heavy (non-hydrogen) atoms. The van der Waals surface area contributed by atoms with E-state index in [0.29, 0.717) is 4.90 Å². The molecule has 1 unspecified atom stereocenters. The predicted molar refractivity (Wildman–Crippen MR) is 108 cm³/mol. The van der Waals surface area contributed by atoms with E-state index in [-0.39, 0.29) is 24.1 Å². The number of carbonyl (C=O) groups excluding carboxylic acids is 1. The zero-order chi connectivity index (χ0) is 19.0. The van der Waals surface area contributed by atoms with E-state index in [9.17, 15) is 13.2 Å². The molecule has 1 amide bonds. The van der Waals surface area contributed by atoms with Gasteiger partial charge in [-0.15, -0.1) is 11.3 Å². The number of amides is 1. The van der Waals surface area contributed by atoms with Gasteiger partial charge in [-0.1, -0.05) is 6.07 Å². The summed E-state index contributed by atoms with van der Waals surface area (Å²) < 4.78 is 25.5. The molecule has 4 rings (SSSR count). The minimum Gasteiger partial charge on any atom is -0.335 e. The van der Waals surface area contributed by atoms with Crippen LogP contribution >= 0.6 is 11.3 Å². The van der Waals surface area contributed by atoms with E-state index in [1.165, 1.54) is 15.3 Å². The Morgan fingerprint density at radius 1 is 1.15 bits per heavy atom. The summed E-state index contributed by atoms with van der Waals surface area (Å²) in [6.07, 6.45) is 5.07. The van der Waals surface area contributed by atoms with Crippen molar-refractivity contribution in [2.75, 3.05) is 12.3 Å². The van der Waals surface area contributed by atoms with Crippen LogP contribution in [-0.2, 0) is 27.5 Å². The Hall–Kier alpha value is -1.66. The van der Waals surface area contributed by atoms with Crippen molar-refractivity contribution in [2.24, 2.45) is 0 Å². The van der Waals surface area contributed by atoms with Crippen LogP contribution in [0.1, 0.15) is 52.6 Å². The second-order valence-corrected chi connectivity index (χ2v) is 11.0. The zero-order valence-corrected chi connectivity index (χ0v) is 17.2. The van der Waals surface area contributed by atoms with Gasteiger partial charge in [-0.2, -0.15) is 0 Å². The molecule has 0 spiro atoms. The molecule has 1 aliphatic heterocycles. The van der Waals surface area contributed by atoms with Crippen molar-refractivity contribution in [1.29, 1.82) is 0 Å². The quantitative estimate of drug-likeness (QED) is 0.756. The maximum Gasteiger partial charge on any atom is 0.224 e. The Balaban J connectivity index is 1.43. The summed E-state index contributed by atoms with van der Waals surface area (Å²) in [5.41, 5.74) is 2.41. The average Bonchev–Trinajstić information content (AvgIpc) is 3.38. The fourth-order valence-corrected chi connectivity index (χ4v) is 6.52. The number of rotatable bonds is 5. The molecule has 0 radical (unpaired) electrons. The number of carbonyl (C=O) groups is 1. The third kappa shape index (κ3) is 3.83. The van der Waals surface area contributed by atoms with Gasteiger partial charge in [0.15, 0.2) is 9.84 Å². The van der Waals surface area contributed by atoms with Crippen molar-refractivity contribution < 1.29 is 13.2 Å². The second kappa shape index (κ2) is 7.40. The van der Waals surface area contributed by atoms with Crippen LogP contribution in [0.5, 0.6) is 0 Å². The molecule has 2 aliphatic rings. The van der Waals surface area contributed by atoms with E-state index in [1.54, 1.807) is 17.4 Å². The number of aryl methyl sites for hydroxylation is 3. The van der Waals surface area contributed by atoms with Crippen LogP contribution in [0, 0.1) is 6.92 Å². The van der Waals surface area contributed by atoms with Gasteiger partial charge >= 0.3 is 0 Å². The van der Waals surface area contributed by atoms with Crippen LogP contribution in [0.25, 0.3) is 0 Å². The minimum atomic E-state index is -3.43. The maximum atomic E-state index is 12.8. The molecule has 6 heteroatoms. The molecule has 0 bridgehead atoms. The van der Waals surface area contributed by atoms with Crippen molar-refractivity contribution in [2.45, 2.75) is 56.4 Å². The van der Waals surface area contributed by atoms with Gasteiger partial charge in [0.05, 0.1) is 16.7 Å². The third-order valence-electron chi connectivity index (χ3n) is 5.68.